The third-order valence-corrected chi connectivity index (χ3v) is 3.99. The van der Waals surface area contributed by atoms with Gasteiger partial charge in [0.2, 0.25) is 0 Å². The van der Waals surface area contributed by atoms with E-state index in [1.807, 2.05) is 12.4 Å². The fraction of sp³-hybridized carbons (Fsp3) is 0.421. The lowest BCUT2D eigenvalue weighted by Gasteiger charge is -2.02. The number of anilines is 1. The minimum absolute atomic E-state index is 0.0143. The minimum Gasteiger partial charge on any atom is -0.399 e. The van der Waals surface area contributed by atoms with Crippen molar-refractivity contribution >= 4 is 11.6 Å². The summed E-state index contributed by atoms with van der Waals surface area (Å²) >= 11 is 0. The Kier molecular flexibility index (Phi) is 5.82. The Balaban J connectivity index is 2.23. The molecule has 0 aliphatic heterocycles. The van der Waals surface area contributed by atoms with Crippen molar-refractivity contribution in [3.05, 3.63) is 53.3 Å². The summed E-state index contributed by atoms with van der Waals surface area (Å²) in [7, 11) is 0. The van der Waals surface area contributed by atoms with Crippen molar-refractivity contribution < 1.29 is 4.79 Å². The highest BCUT2D eigenvalue weighted by Gasteiger charge is 2.12. The molecule has 0 aliphatic rings. The maximum atomic E-state index is 12.6. The second-order valence-electron chi connectivity index (χ2n) is 5.85. The Morgan fingerprint density at radius 2 is 1.45 bits per heavy atom. The molecule has 2 N–H and O–H groups in total. The zero-order chi connectivity index (χ0) is 15.9. The van der Waals surface area contributed by atoms with Crippen molar-refractivity contribution in [1.82, 2.24) is 4.57 Å². The normalized spacial score (nSPS) is 10.8. The zero-order valence-corrected chi connectivity index (χ0v) is 13.6. The lowest BCUT2D eigenvalue weighted by molar-refractivity contribution is 0.0960. The smallest absolute Gasteiger partial charge is 0.261 e. The molecule has 0 spiro atoms. The highest BCUT2D eigenvalue weighted by Crippen LogP contribution is 2.18. The van der Waals surface area contributed by atoms with Crippen LogP contribution in [0.4, 0.5) is 5.69 Å². The van der Waals surface area contributed by atoms with Crippen LogP contribution < -0.4 is 5.73 Å². The quantitative estimate of drug-likeness (QED) is 0.768. The predicted molar refractivity (Wildman–Crippen MR) is 92.2 cm³/mol. The van der Waals surface area contributed by atoms with Gasteiger partial charge in [-0.3, -0.25) is 9.36 Å². The average molecular weight is 298 g/mol. The molecular formula is C19H26N2O. The van der Waals surface area contributed by atoms with Gasteiger partial charge in [-0.05, 0) is 61.1 Å². The lowest BCUT2D eigenvalue weighted by atomic mass is 10.0. The molecular weight excluding hydrogens is 272 g/mol. The minimum atomic E-state index is 0.0143. The molecule has 1 aromatic carbocycles. The largest absolute Gasteiger partial charge is 0.399 e. The van der Waals surface area contributed by atoms with E-state index >= 15 is 0 Å². The predicted octanol–water partition coefficient (Wildman–Crippen LogP) is 4.44. The summed E-state index contributed by atoms with van der Waals surface area (Å²) in [5, 5.41) is 0. The highest BCUT2D eigenvalue weighted by molar-refractivity contribution is 5.96. The topological polar surface area (TPSA) is 48.0 Å². The van der Waals surface area contributed by atoms with Crippen LogP contribution >= 0.6 is 0 Å². The van der Waals surface area contributed by atoms with Gasteiger partial charge in [0.1, 0.15) is 0 Å². The molecule has 2 aromatic rings. The molecule has 1 heterocycles. The first-order chi connectivity index (χ1) is 10.7. The molecule has 0 atom stereocenters. The van der Waals surface area contributed by atoms with E-state index in [9.17, 15) is 4.79 Å². The van der Waals surface area contributed by atoms with Gasteiger partial charge in [-0.25, -0.2) is 0 Å². The molecule has 3 nitrogen and oxygen atoms in total. The number of carbonyl (C=O) groups is 1. The van der Waals surface area contributed by atoms with Gasteiger partial charge in [0.05, 0.1) is 0 Å². The average Bonchev–Trinajstić information content (AvgIpc) is 2.94. The number of aryl methyl sites for hydroxylation is 2. The molecule has 0 aliphatic carbocycles. The number of unbranched alkanes of at least 4 members (excludes halogenated alkanes) is 2. The van der Waals surface area contributed by atoms with Gasteiger partial charge in [-0.2, -0.15) is 0 Å². The summed E-state index contributed by atoms with van der Waals surface area (Å²) in [6.45, 7) is 4.39. The number of nitrogens with zero attached hydrogens (tertiary/aromatic N) is 1. The number of aromatic nitrogens is 1. The molecule has 0 saturated heterocycles. The van der Waals surface area contributed by atoms with Crippen LogP contribution in [0.15, 0.2) is 36.7 Å². The van der Waals surface area contributed by atoms with Crippen molar-refractivity contribution in [2.45, 2.75) is 52.4 Å². The van der Waals surface area contributed by atoms with Crippen LogP contribution in [0.5, 0.6) is 0 Å². The molecule has 0 amide bonds. The monoisotopic (exact) mass is 298 g/mol. The molecule has 3 heteroatoms. The Bertz CT molecular complexity index is 585. The molecule has 0 saturated carbocycles. The van der Waals surface area contributed by atoms with E-state index in [4.69, 9.17) is 5.73 Å². The van der Waals surface area contributed by atoms with E-state index in [0.717, 1.165) is 12.8 Å². The first kappa shape index (κ1) is 16.3. The molecule has 0 fully saturated rings. The molecule has 22 heavy (non-hydrogen) atoms. The zero-order valence-electron chi connectivity index (χ0n) is 13.6. The van der Waals surface area contributed by atoms with Crippen LogP contribution in [0, 0.1) is 0 Å². The third kappa shape index (κ3) is 4.00. The van der Waals surface area contributed by atoms with Crippen LogP contribution in [0.2, 0.25) is 0 Å². The maximum Gasteiger partial charge on any atom is 0.261 e. The summed E-state index contributed by atoms with van der Waals surface area (Å²) in [4.78, 5) is 12.6. The molecule has 0 unspecified atom stereocenters. The number of carbonyl (C=O) groups excluding carboxylic acids is 1. The molecule has 118 valence electrons. The van der Waals surface area contributed by atoms with Crippen molar-refractivity contribution in [3.8, 4) is 0 Å². The number of hydrogen-bond donors (Lipinski definition) is 1. The number of hydrogen-bond acceptors (Lipinski definition) is 2. The number of benzene rings is 1. The van der Waals surface area contributed by atoms with Crippen LogP contribution in [-0.2, 0) is 12.8 Å². The van der Waals surface area contributed by atoms with E-state index in [0.29, 0.717) is 11.3 Å². The summed E-state index contributed by atoms with van der Waals surface area (Å²) in [6.07, 6.45) is 10.8. The van der Waals surface area contributed by atoms with Gasteiger partial charge in [0, 0.05) is 23.6 Å². The van der Waals surface area contributed by atoms with Crippen LogP contribution in [0.1, 0.15) is 61.0 Å². The van der Waals surface area contributed by atoms with Crippen molar-refractivity contribution in [1.29, 1.82) is 0 Å². The van der Waals surface area contributed by atoms with Gasteiger partial charge in [-0.15, -0.1) is 0 Å². The van der Waals surface area contributed by atoms with E-state index in [2.05, 4.69) is 13.8 Å². The Labute approximate surface area is 133 Å². The Morgan fingerprint density at radius 3 is 1.91 bits per heavy atom. The first-order valence-electron chi connectivity index (χ1n) is 8.25. The van der Waals surface area contributed by atoms with E-state index < -0.39 is 0 Å². The van der Waals surface area contributed by atoms with Crippen LogP contribution in [0.25, 0.3) is 0 Å². The number of rotatable bonds is 7. The first-order valence-corrected chi connectivity index (χ1v) is 8.25. The van der Waals surface area contributed by atoms with Crippen molar-refractivity contribution in [2.75, 3.05) is 5.73 Å². The van der Waals surface area contributed by atoms with Crippen molar-refractivity contribution in [3.63, 3.8) is 0 Å². The second kappa shape index (κ2) is 7.83. The van der Waals surface area contributed by atoms with E-state index in [1.165, 1.54) is 36.8 Å². The van der Waals surface area contributed by atoms with Gasteiger partial charge >= 0.3 is 0 Å². The van der Waals surface area contributed by atoms with Crippen LogP contribution in [0.3, 0.4) is 0 Å². The lowest BCUT2D eigenvalue weighted by Crippen LogP contribution is -2.09. The van der Waals surface area contributed by atoms with Gasteiger partial charge < -0.3 is 5.73 Å². The Hall–Kier alpha value is -2.03. The number of nitrogen functional groups attached to an aromatic ring is 1. The highest BCUT2D eigenvalue weighted by atomic mass is 16.2. The SMILES string of the molecule is CCCCc1cn(C(=O)c2ccc(N)cc2)cc1CCCC. The third-order valence-electron chi connectivity index (χ3n) is 3.99. The van der Waals surface area contributed by atoms with E-state index in [1.54, 1.807) is 28.8 Å². The standard InChI is InChI=1S/C19H26N2O/c1-3-5-7-16-13-21(14-17(16)8-6-4-2)19(22)15-9-11-18(20)12-10-15/h9-14H,3-8,20H2,1-2H3. The summed E-state index contributed by atoms with van der Waals surface area (Å²) in [6, 6.07) is 7.11. The second-order valence-corrected chi connectivity index (χ2v) is 5.85. The van der Waals surface area contributed by atoms with Gasteiger partial charge in [-0.1, -0.05) is 26.7 Å². The van der Waals surface area contributed by atoms with Crippen LogP contribution in [-0.4, -0.2) is 10.5 Å². The van der Waals surface area contributed by atoms with Gasteiger partial charge in [0.25, 0.3) is 5.91 Å². The van der Waals surface area contributed by atoms with Gasteiger partial charge in [0.15, 0.2) is 0 Å². The Morgan fingerprint density at radius 1 is 0.955 bits per heavy atom. The summed E-state index contributed by atoms with van der Waals surface area (Å²) in [5.41, 5.74) is 9.67. The van der Waals surface area contributed by atoms with E-state index in [-0.39, 0.29) is 5.91 Å². The fourth-order valence-electron chi connectivity index (χ4n) is 2.62. The summed E-state index contributed by atoms with van der Waals surface area (Å²) < 4.78 is 1.74. The fourth-order valence-corrected chi connectivity index (χ4v) is 2.62. The number of nitrogens with two attached hydrogens (primary N) is 1. The maximum absolute atomic E-state index is 12.6. The molecule has 0 radical (unpaired) electrons. The van der Waals surface area contributed by atoms with Crippen molar-refractivity contribution in [2.24, 2.45) is 0 Å². The molecule has 0 bridgehead atoms. The molecule has 2 rings (SSSR count). The summed E-state index contributed by atoms with van der Waals surface area (Å²) in [5.74, 6) is 0.0143. The molecule has 1 aromatic heterocycles.